The minimum absolute atomic E-state index is 0.0342. The summed E-state index contributed by atoms with van der Waals surface area (Å²) in [4.78, 5) is 24.0. The lowest BCUT2D eigenvalue weighted by atomic mass is 9.96. The Hall–Kier alpha value is -2.92. The van der Waals surface area contributed by atoms with E-state index in [9.17, 15) is 4.79 Å². The third-order valence-corrected chi connectivity index (χ3v) is 5.77. The monoisotopic (exact) mass is 420 g/mol. The molecule has 0 bridgehead atoms. The number of amides is 1. The van der Waals surface area contributed by atoms with Crippen LogP contribution >= 0.6 is 11.6 Å². The minimum atomic E-state index is 0.0342. The number of nitrogens with one attached hydrogen (secondary N) is 1. The van der Waals surface area contributed by atoms with E-state index >= 15 is 0 Å². The lowest BCUT2D eigenvalue weighted by Gasteiger charge is -2.32. The number of carbonyl (C=O) groups is 1. The highest BCUT2D eigenvalue weighted by molar-refractivity contribution is 6.30. The smallest absolute Gasteiger partial charge is 0.223 e. The Morgan fingerprint density at radius 2 is 1.77 bits per heavy atom. The molecule has 0 radical (unpaired) electrons. The standard InChI is InChI=1S/C24H25ClN4O/c1-17-2-6-19(7-3-17)23-26-13-10-22(28-23)29-14-11-20(12-15-29)24(30)27-16-18-4-8-21(25)9-5-18/h2-10,13,20H,11-12,14-16H2,1H3,(H,27,30). The number of anilines is 1. The van der Waals surface area contributed by atoms with Crippen molar-refractivity contribution in [2.45, 2.75) is 26.3 Å². The number of hydrogen-bond donors (Lipinski definition) is 1. The third-order valence-electron chi connectivity index (χ3n) is 5.52. The number of hydrogen-bond acceptors (Lipinski definition) is 4. The summed E-state index contributed by atoms with van der Waals surface area (Å²) < 4.78 is 0. The minimum Gasteiger partial charge on any atom is -0.356 e. The van der Waals surface area contributed by atoms with Gasteiger partial charge in [0.15, 0.2) is 5.82 Å². The van der Waals surface area contributed by atoms with Gasteiger partial charge < -0.3 is 10.2 Å². The molecule has 0 spiro atoms. The lowest BCUT2D eigenvalue weighted by molar-refractivity contribution is -0.125. The van der Waals surface area contributed by atoms with Gasteiger partial charge in [-0.25, -0.2) is 9.97 Å². The van der Waals surface area contributed by atoms with Crippen LogP contribution in [0.3, 0.4) is 0 Å². The molecular weight excluding hydrogens is 396 g/mol. The van der Waals surface area contributed by atoms with Gasteiger partial charge in [-0.1, -0.05) is 53.6 Å². The summed E-state index contributed by atoms with van der Waals surface area (Å²) in [6, 6.07) is 17.7. The molecule has 1 N–H and O–H groups in total. The van der Waals surface area contributed by atoms with Crippen LogP contribution in [0.5, 0.6) is 0 Å². The van der Waals surface area contributed by atoms with E-state index < -0.39 is 0 Å². The molecule has 0 saturated carbocycles. The van der Waals surface area contributed by atoms with Crippen LogP contribution in [0, 0.1) is 12.8 Å². The summed E-state index contributed by atoms with van der Waals surface area (Å²) in [5.41, 5.74) is 3.28. The maximum absolute atomic E-state index is 12.6. The fourth-order valence-electron chi connectivity index (χ4n) is 3.67. The summed E-state index contributed by atoms with van der Waals surface area (Å²) in [5.74, 6) is 1.80. The van der Waals surface area contributed by atoms with E-state index in [1.54, 1.807) is 0 Å². The molecule has 3 aromatic rings. The van der Waals surface area contributed by atoms with Crippen molar-refractivity contribution in [1.29, 1.82) is 0 Å². The zero-order chi connectivity index (χ0) is 20.9. The zero-order valence-electron chi connectivity index (χ0n) is 17.0. The highest BCUT2D eigenvalue weighted by atomic mass is 35.5. The maximum Gasteiger partial charge on any atom is 0.223 e. The number of halogens is 1. The van der Waals surface area contributed by atoms with Gasteiger partial charge in [0.05, 0.1) is 0 Å². The first kappa shape index (κ1) is 20.4. The highest BCUT2D eigenvalue weighted by Crippen LogP contribution is 2.24. The molecule has 1 saturated heterocycles. The van der Waals surface area contributed by atoms with E-state index in [0.717, 1.165) is 48.7 Å². The van der Waals surface area contributed by atoms with Gasteiger partial charge in [0, 0.05) is 42.3 Å². The fraction of sp³-hybridized carbons (Fsp3) is 0.292. The van der Waals surface area contributed by atoms with Gasteiger partial charge in [0.1, 0.15) is 5.82 Å². The van der Waals surface area contributed by atoms with Crippen molar-refractivity contribution in [3.8, 4) is 11.4 Å². The Morgan fingerprint density at radius 1 is 1.07 bits per heavy atom. The zero-order valence-corrected chi connectivity index (χ0v) is 17.8. The molecule has 0 aliphatic carbocycles. The first-order valence-corrected chi connectivity index (χ1v) is 10.6. The highest BCUT2D eigenvalue weighted by Gasteiger charge is 2.25. The van der Waals surface area contributed by atoms with Gasteiger partial charge in [-0.2, -0.15) is 0 Å². The molecule has 0 atom stereocenters. The Morgan fingerprint density at radius 3 is 2.47 bits per heavy atom. The van der Waals surface area contributed by atoms with Crippen LogP contribution in [0.25, 0.3) is 11.4 Å². The second-order valence-electron chi connectivity index (χ2n) is 7.71. The topological polar surface area (TPSA) is 58.1 Å². The van der Waals surface area contributed by atoms with Crippen molar-refractivity contribution in [2.75, 3.05) is 18.0 Å². The van der Waals surface area contributed by atoms with Crippen molar-refractivity contribution in [3.63, 3.8) is 0 Å². The SMILES string of the molecule is Cc1ccc(-c2nccc(N3CCC(C(=O)NCc4ccc(Cl)cc4)CC3)n2)cc1. The number of rotatable bonds is 5. The Balaban J connectivity index is 1.33. The van der Waals surface area contributed by atoms with E-state index in [0.29, 0.717) is 11.6 Å². The Bertz CT molecular complexity index is 996. The van der Waals surface area contributed by atoms with Gasteiger partial charge in [0.2, 0.25) is 5.91 Å². The fourth-order valence-corrected chi connectivity index (χ4v) is 3.80. The van der Waals surface area contributed by atoms with E-state index in [-0.39, 0.29) is 11.8 Å². The molecule has 1 aromatic heterocycles. The first-order chi connectivity index (χ1) is 14.6. The third kappa shape index (κ3) is 4.97. The van der Waals surface area contributed by atoms with Gasteiger partial charge in [-0.05, 0) is 43.5 Å². The molecule has 154 valence electrons. The van der Waals surface area contributed by atoms with Crippen molar-refractivity contribution in [2.24, 2.45) is 5.92 Å². The molecule has 1 fully saturated rings. The normalized spacial score (nSPS) is 14.5. The molecule has 5 nitrogen and oxygen atoms in total. The molecule has 1 aliphatic rings. The van der Waals surface area contributed by atoms with Crippen LogP contribution in [-0.2, 0) is 11.3 Å². The van der Waals surface area contributed by atoms with Crippen LogP contribution in [-0.4, -0.2) is 29.0 Å². The number of carbonyl (C=O) groups excluding carboxylic acids is 1. The number of nitrogens with zero attached hydrogens (tertiary/aromatic N) is 3. The van der Waals surface area contributed by atoms with E-state index in [1.807, 2.05) is 48.7 Å². The van der Waals surface area contributed by atoms with E-state index in [4.69, 9.17) is 16.6 Å². The molecule has 1 amide bonds. The number of aromatic nitrogens is 2. The quantitative estimate of drug-likeness (QED) is 0.653. The summed E-state index contributed by atoms with van der Waals surface area (Å²) in [6.07, 6.45) is 3.44. The molecule has 6 heteroatoms. The summed E-state index contributed by atoms with van der Waals surface area (Å²) in [6.45, 7) is 4.21. The molecule has 2 heterocycles. The average molecular weight is 421 g/mol. The van der Waals surface area contributed by atoms with E-state index in [2.05, 4.69) is 34.3 Å². The lowest BCUT2D eigenvalue weighted by Crippen LogP contribution is -2.40. The van der Waals surface area contributed by atoms with Gasteiger partial charge in [-0.3, -0.25) is 4.79 Å². The average Bonchev–Trinajstić information content (AvgIpc) is 2.79. The second-order valence-corrected chi connectivity index (χ2v) is 8.15. The summed E-state index contributed by atoms with van der Waals surface area (Å²) in [5, 5.41) is 3.75. The predicted molar refractivity (Wildman–Crippen MR) is 120 cm³/mol. The summed E-state index contributed by atoms with van der Waals surface area (Å²) in [7, 11) is 0. The largest absolute Gasteiger partial charge is 0.356 e. The van der Waals surface area contributed by atoms with Gasteiger partial charge >= 0.3 is 0 Å². The number of aryl methyl sites for hydroxylation is 1. The first-order valence-electron chi connectivity index (χ1n) is 10.3. The molecular formula is C24H25ClN4O. The van der Waals surface area contributed by atoms with Crippen LogP contribution < -0.4 is 10.2 Å². The van der Waals surface area contributed by atoms with Crippen LogP contribution in [0.4, 0.5) is 5.82 Å². The molecule has 4 rings (SSSR count). The van der Waals surface area contributed by atoms with Crippen LogP contribution in [0.15, 0.2) is 60.8 Å². The van der Waals surface area contributed by atoms with Gasteiger partial charge in [-0.15, -0.1) is 0 Å². The van der Waals surface area contributed by atoms with Crippen molar-refractivity contribution >= 4 is 23.3 Å². The van der Waals surface area contributed by atoms with Crippen LogP contribution in [0.1, 0.15) is 24.0 Å². The predicted octanol–water partition coefficient (Wildman–Crippen LogP) is 4.64. The van der Waals surface area contributed by atoms with E-state index in [1.165, 1.54) is 5.56 Å². The number of piperidine rings is 1. The Labute approximate surface area is 182 Å². The molecule has 1 aliphatic heterocycles. The molecule has 2 aromatic carbocycles. The van der Waals surface area contributed by atoms with Crippen molar-refractivity contribution in [1.82, 2.24) is 15.3 Å². The molecule has 0 unspecified atom stereocenters. The maximum atomic E-state index is 12.6. The Kier molecular flexibility index (Phi) is 6.29. The summed E-state index contributed by atoms with van der Waals surface area (Å²) >= 11 is 5.91. The van der Waals surface area contributed by atoms with Crippen molar-refractivity contribution in [3.05, 3.63) is 76.9 Å². The van der Waals surface area contributed by atoms with Gasteiger partial charge in [0.25, 0.3) is 0 Å². The number of benzene rings is 2. The molecule has 30 heavy (non-hydrogen) atoms. The van der Waals surface area contributed by atoms with Crippen molar-refractivity contribution < 1.29 is 4.79 Å². The second kappa shape index (κ2) is 9.26. The van der Waals surface area contributed by atoms with Crippen LogP contribution in [0.2, 0.25) is 5.02 Å².